The highest BCUT2D eigenvalue weighted by Crippen LogP contribution is 2.24. The number of ketones is 1. The molecule has 16 heavy (non-hydrogen) atoms. The van der Waals surface area contributed by atoms with E-state index in [0.29, 0.717) is 12.3 Å². The zero-order valence-electron chi connectivity index (χ0n) is 9.86. The van der Waals surface area contributed by atoms with Crippen LogP contribution < -0.4 is 0 Å². The fraction of sp³-hybridized carbons (Fsp3) is 0.429. The van der Waals surface area contributed by atoms with Crippen LogP contribution in [0.15, 0.2) is 24.4 Å². The molecular weight excluding hydrogens is 198 g/mol. The lowest BCUT2D eigenvalue weighted by Crippen LogP contribution is -2.06. The highest BCUT2D eigenvalue weighted by molar-refractivity contribution is 6.21. The van der Waals surface area contributed by atoms with Gasteiger partial charge in [-0.05, 0) is 24.8 Å². The number of carbonyl (C=O) groups is 1. The number of aromatic nitrogens is 1. The predicted octanol–water partition coefficient (Wildman–Crippen LogP) is 3.34. The minimum Gasteiger partial charge on any atom is -0.294 e. The van der Waals surface area contributed by atoms with Crippen molar-refractivity contribution >= 4 is 11.4 Å². The maximum Gasteiger partial charge on any atom is 0.163 e. The zero-order valence-corrected chi connectivity index (χ0v) is 9.86. The summed E-state index contributed by atoms with van der Waals surface area (Å²) in [5.74, 6) is 0.690. The second-order valence-corrected chi connectivity index (χ2v) is 4.56. The minimum atomic E-state index is 0.255. The first-order chi connectivity index (χ1) is 7.68. The number of Topliss-reactive ketones (excluding diaryl/α,β-unsaturated/α-hetero) is 1. The molecule has 2 rings (SSSR count). The maximum absolute atomic E-state index is 11.7. The molecule has 0 aliphatic heterocycles. The summed E-state index contributed by atoms with van der Waals surface area (Å²) < 4.78 is 0. The van der Waals surface area contributed by atoms with Gasteiger partial charge in [0.25, 0.3) is 0 Å². The lowest BCUT2D eigenvalue weighted by atomic mass is 9.93. The van der Waals surface area contributed by atoms with Crippen LogP contribution in [0.1, 0.15) is 50.3 Å². The number of hydrogen-bond donors (Lipinski definition) is 0. The van der Waals surface area contributed by atoms with Crippen molar-refractivity contribution in [3.63, 3.8) is 0 Å². The molecule has 84 valence electrons. The molecule has 2 heteroatoms. The lowest BCUT2D eigenvalue weighted by Gasteiger charge is -2.12. The van der Waals surface area contributed by atoms with Gasteiger partial charge in [-0.1, -0.05) is 26.0 Å². The van der Waals surface area contributed by atoms with E-state index < -0.39 is 0 Å². The van der Waals surface area contributed by atoms with E-state index in [1.807, 2.05) is 24.4 Å². The summed E-state index contributed by atoms with van der Waals surface area (Å²) in [4.78, 5) is 16.1. The van der Waals surface area contributed by atoms with Gasteiger partial charge >= 0.3 is 0 Å². The highest BCUT2D eigenvalue weighted by Gasteiger charge is 2.15. The van der Waals surface area contributed by atoms with Crippen LogP contribution in [0.2, 0.25) is 0 Å². The molecule has 0 saturated carbocycles. The fourth-order valence-corrected chi connectivity index (χ4v) is 1.94. The van der Waals surface area contributed by atoms with E-state index in [9.17, 15) is 4.79 Å². The van der Waals surface area contributed by atoms with Gasteiger partial charge in [-0.25, -0.2) is 0 Å². The van der Waals surface area contributed by atoms with E-state index in [1.165, 1.54) is 0 Å². The first-order valence-corrected chi connectivity index (χ1v) is 5.88. The summed E-state index contributed by atoms with van der Waals surface area (Å²) >= 11 is 0. The Morgan fingerprint density at radius 2 is 2.12 bits per heavy atom. The Bertz CT molecular complexity index is 415. The Morgan fingerprint density at radius 1 is 1.31 bits per heavy atom. The molecule has 1 aromatic heterocycles. The van der Waals surface area contributed by atoms with Gasteiger partial charge in [0.15, 0.2) is 5.78 Å². The fourth-order valence-electron chi connectivity index (χ4n) is 1.94. The SMILES string of the molecule is CC(C)c1ccc(C2=CCCCC2=O)cn1. The second-order valence-electron chi connectivity index (χ2n) is 4.56. The molecule has 0 amide bonds. The van der Waals surface area contributed by atoms with E-state index in [1.54, 1.807) is 0 Å². The summed E-state index contributed by atoms with van der Waals surface area (Å²) in [6.45, 7) is 4.24. The van der Waals surface area contributed by atoms with Crippen molar-refractivity contribution < 1.29 is 4.79 Å². The number of allylic oxidation sites excluding steroid dienone is 2. The van der Waals surface area contributed by atoms with Crippen LogP contribution in [-0.4, -0.2) is 10.8 Å². The molecule has 0 saturated heterocycles. The summed E-state index contributed by atoms with van der Waals surface area (Å²) in [5.41, 5.74) is 2.90. The third-order valence-electron chi connectivity index (χ3n) is 2.95. The van der Waals surface area contributed by atoms with Gasteiger partial charge in [-0.15, -0.1) is 0 Å². The molecule has 1 aliphatic rings. The van der Waals surface area contributed by atoms with E-state index in [0.717, 1.165) is 29.7 Å². The topological polar surface area (TPSA) is 30.0 Å². The van der Waals surface area contributed by atoms with Crippen molar-refractivity contribution in [3.8, 4) is 0 Å². The molecule has 1 aromatic rings. The van der Waals surface area contributed by atoms with Crippen molar-refractivity contribution in [2.24, 2.45) is 0 Å². The largest absolute Gasteiger partial charge is 0.294 e. The van der Waals surface area contributed by atoms with Crippen LogP contribution in [0.3, 0.4) is 0 Å². The summed E-state index contributed by atoms with van der Waals surface area (Å²) in [6.07, 6.45) is 6.53. The van der Waals surface area contributed by atoms with Gasteiger partial charge < -0.3 is 0 Å². The Hall–Kier alpha value is -1.44. The van der Waals surface area contributed by atoms with E-state index >= 15 is 0 Å². The summed E-state index contributed by atoms with van der Waals surface area (Å²) in [7, 11) is 0. The Labute approximate surface area is 96.4 Å². The van der Waals surface area contributed by atoms with Crippen LogP contribution in [0.5, 0.6) is 0 Å². The molecule has 0 N–H and O–H groups in total. The van der Waals surface area contributed by atoms with Crippen LogP contribution in [0.4, 0.5) is 0 Å². The minimum absolute atomic E-state index is 0.255. The zero-order chi connectivity index (χ0) is 11.5. The quantitative estimate of drug-likeness (QED) is 0.757. The van der Waals surface area contributed by atoms with Gasteiger partial charge in [0.05, 0.1) is 0 Å². The van der Waals surface area contributed by atoms with Crippen molar-refractivity contribution in [3.05, 3.63) is 35.7 Å². The van der Waals surface area contributed by atoms with Crippen molar-refractivity contribution in [2.75, 3.05) is 0 Å². The third kappa shape index (κ3) is 2.21. The molecule has 0 bridgehead atoms. The van der Waals surface area contributed by atoms with Gasteiger partial charge in [-0.2, -0.15) is 0 Å². The number of carbonyl (C=O) groups excluding carboxylic acids is 1. The van der Waals surface area contributed by atoms with Crippen molar-refractivity contribution in [2.45, 2.75) is 39.0 Å². The number of hydrogen-bond acceptors (Lipinski definition) is 2. The van der Waals surface area contributed by atoms with Gasteiger partial charge in [-0.3, -0.25) is 9.78 Å². The van der Waals surface area contributed by atoms with Crippen molar-refractivity contribution in [1.82, 2.24) is 4.98 Å². The van der Waals surface area contributed by atoms with Crippen LogP contribution in [-0.2, 0) is 4.79 Å². The number of pyridine rings is 1. The van der Waals surface area contributed by atoms with Crippen LogP contribution in [0, 0.1) is 0 Å². The Morgan fingerprint density at radius 3 is 2.69 bits per heavy atom. The van der Waals surface area contributed by atoms with E-state index in [4.69, 9.17) is 0 Å². The molecule has 0 unspecified atom stereocenters. The molecule has 0 aromatic carbocycles. The third-order valence-corrected chi connectivity index (χ3v) is 2.95. The van der Waals surface area contributed by atoms with Gasteiger partial charge in [0, 0.05) is 29.4 Å². The van der Waals surface area contributed by atoms with Crippen LogP contribution in [0.25, 0.3) is 5.57 Å². The first kappa shape index (κ1) is 11.1. The number of rotatable bonds is 2. The molecule has 0 spiro atoms. The van der Waals surface area contributed by atoms with Crippen molar-refractivity contribution in [1.29, 1.82) is 0 Å². The monoisotopic (exact) mass is 215 g/mol. The van der Waals surface area contributed by atoms with Gasteiger partial charge in [0.2, 0.25) is 0 Å². The molecule has 0 atom stereocenters. The number of nitrogens with zero attached hydrogens (tertiary/aromatic N) is 1. The lowest BCUT2D eigenvalue weighted by molar-refractivity contribution is -0.114. The molecule has 0 fully saturated rings. The smallest absolute Gasteiger partial charge is 0.163 e. The normalized spacial score (nSPS) is 16.4. The molecule has 1 aliphatic carbocycles. The molecule has 2 nitrogen and oxygen atoms in total. The average molecular weight is 215 g/mol. The summed E-state index contributed by atoms with van der Waals surface area (Å²) in [6, 6.07) is 4.03. The average Bonchev–Trinajstić information content (AvgIpc) is 2.30. The van der Waals surface area contributed by atoms with E-state index in [2.05, 4.69) is 18.8 Å². The second kappa shape index (κ2) is 4.60. The standard InChI is InChI=1S/C14H17NO/c1-10(2)13-8-7-11(9-15-13)12-5-3-4-6-14(12)16/h5,7-10H,3-4,6H2,1-2H3. The molecular formula is C14H17NO. The molecule has 1 heterocycles. The Balaban J connectivity index is 2.27. The highest BCUT2D eigenvalue weighted by atomic mass is 16.1. The predicted molar refractivity (Wildman–Crippen MR) is 65.2 cm³/mol. The van der Waals surface area contributed by atoms with Gasteiger partial charge in [0.1, 0.15) is 0 Å². The van der Waals surface area contributed by atoms with Crippen LogP contribution >= 0.6 is 0 Å². The molecule has 0 radical (unpaired) electrons. The summed E-state index contributed by atoms with van der Waals surface area (Å²) in [5, 5.41) is 0. The first-order valence-electron chi connectivity index (χ1n) is 5.88. The Kier molecular flexibility index (Phi) is 3.18. The van der Waals surface area contributed by atoms with E-state index in [-0.39, 0.29) is 5.78 Å². The maximum atomic E-state index is 11.7.